The summed E-state index contributed by atoms with van der Waals surface area (Å²) < 4.78 is 9.63. The van der Waals surface area contributed by atoms with Gasteiger partial charge in [-0.2, -0.15) is 0 Å². The Bertz CT molecular complexity index is 1230. The van der Waals surface area contributed by atoms with Gasteiger partial charge in [0, 0.05) is 0 Å². The van der Waals surface area contributed by atoms with Crippen LogP contribution in [0.25, 0.3) is 0 Å². The van der Waals surface area contributed by atoms with E-state index in [1.54, 1.807) is 0 Å². The molecule has 0 heterocycles. The number of nitrogens with zero attached hydrogens (tertiary/aromatic N) is 1. The fourth-order valence-corrected chi connectivity index (χ4v) is 8.50. The molecule has 0 spiro atoms. The van der Waals surface area contributed by atoms with E-state index in [1.165, 1.54) is 3.61 Å². The van der Waals surface area contributed by atoms with Gasteiger partial charge in [-0.1, -0.05) is 0 Å². The molecule has 2 nitrogen and oxygen atoms in total. The van der Waals surface area contributed by atoms with Crippen molar-refractivity contribution in [2.45, 2.75) is 25.2 Å². The summed E-state index contributed by atoms with van der Waals surface area (Å²) in [7, 11) is -2.06. The van der Waals surface area contributed by atoms with Crippen LogP contribution in [-0.2, 0) is 10.0 Å². The van der Waals surface area contributed by atoms with Crippen molar-refractivity contribution in [1.82, 2.24) is 0 Å². The zero-order chi connectivity index (χ0) is 24.0. The van der Waals surface area contributed by atoms with Gasteiger partial charge in [-0.05, 0) is 0 Å². The maximum absolute atomic E-state index is 7.24. The van der Waals surface area contributed by atoms with Crippen molar-refractivity contribution >= 4 is 53.9 Å². The SMILES string of the molecule is C[Si](C)(C)OC(C(=Nc1ccccc1)[Te]c1ccccc1)(c1ccccc1)c1ccc(Cl)cc1. The second-order valence-corrected chi connectivity index (χ2v) is 16.8. The van der Waals surface area contributed by atoms with E-state index in [0.717, 1.165) is 20.6 Å². The first-order valence-electron chi connectivity index (χ1n) is 11.3. The molecule has 5 heteroatoms. The van der Waals surface area contributed by atoms with E-state index >= 15 is 0 Å². The van der Waals surface area contributed by atoms with Crippen LogP contribution in [0.4, 0.5) is 5.69 Å². The second kappa shape index (κ2) is 11.0. The Kier molecular flexibility index (Phi) is 8.09. The van der Waals surface area contributed by atoms with Crippen LogP contribution in [0.2, 0.25) is 24.7 Å². The van der Waals surface area contributed by atoms with Crippen LogP contribution in [0, 0.1) is 0 Å². The van der Waals surface area contributed by atoms with E-state index in [2.05, 4.69) is 98.5 Å². The van der Waals surface area contributed by atoms with Gasteiger partial charge in [0.2, 0.25) is 0 Å². The third kappa shape index (κ3) is 6.08. The van der Waals surface area contributed by atoms with Crippen LogP contribution in [0.1, 0.15) is 11.1 Å². The molecule has 34 heavy (non-hydrogen) atoms. The predicted octanol–water partition coefficient (Wildman–Crippen LogP) is 7.20. The number of hydrogen-bond acceptors (Lipinski definition) is 2. The maximum atomic E-state index is 7.24. The van der Waals surface area contributed by atoms with Gasteiger partial charge in [0.05, 0.1) is 0 Å². The van der Waals surface area contributed by atoms with Crippen LogP contribution in [0.5, 0.6) is 0 Å². The molecule has 0 fully saturated rings. The average Bonchev–Trinajstić information content (AvgIpc) is 2.84. The van der Waals surface area contributed by atoms with Crippen molar-refractivity contribution in [1.29, 1.82) is 0 Å². The van der Waals surface area contributed by atoms with E-state index in [-0.39, 0.29) is 0 Å². The van der Waals surface area contributed by atoms with Crippen LogP contribution in [0.3, 0.4) is 0 Å². The monoisotopic (exact) mass is 599 g/mol. The molecule has 0 bridgehead atoms. The minimum atomic E-state index is -2.06. The molecule has 4 rings (SSSR count). The van der Waals surface area contributed by atoms with E-state index in [0.29, 0.717) is 5.02 Å². The summed E-state index contributed by atoms with van der Waals surface area (Å²) in [6.45, 7) is 6.72. The number of halogens is 1. The van der Waals surface area contributed by atoms with Crippen LogP contribution in [0.15, 0.2) is 120 Å². The van der Waals surface area contributed by atoms with Crippen LogP contribution >= 0.6 is 11.6 Å². The normalized spacial score (nSPS) is 13.9. The number of para-hydroxylation sites is 1. The van der Waals surface area contributed by atoms with E-state index in [1.807, 2.05) is 36.4 Å². The van der Waals surface area contributed by atoms with Crippen LogP contribution < -0.4 is 3.61 Å². The van der Waals surface area contributed by atoms with Gasteiger partial charge >= 0.3 is 220 Å². The molecule has 0 aliphatic heterocycles. The molecule has 0 aromatic heterocycles. The zero-order valence-electron chi connectivity index (χ0n) is 19.6. The molecule has 4 aromatic rings. The molecule has 0 saturated heterocycles. The first-order chi connectivity index (χ1) is 16.4. The predicted molar refractivity (Wildman–Crippen MR) is 148 cm³/mol. The molecule has 0 aliphatic carbocycles. The molecule has 0 aliphatic rings. The van der Waals surface area contributed by atoms with Crippen molar-refractivity contribution in [3.63, 3.8) is 0 Å². The van der Waals surface area contributed by atoms with Crippen molar-refractivity contribution < 1.29 is 4.43 Å². The Hall–Kier alpha value is -2.19. The van der Waals surface area contributed by atoms with Gasteiger partial charge in [-0.3, -0.25) is 0 Å². The van der Waals surface area contributed by atoms with Crippen molar-refractivity contribution in [2.75, 3.05) is 0 Å². The number of aliphatic imine (C=N–C) groups is 1. The number of hydrogen-bond donors (Lipinski definition) is 0. The van der Waals surface area contributed by atoms with Crippen molar-refractivity contribution in [3.05, 3.63) is 131 Å². The van der Waals surface area contributed by atoms with E-state index < -0.39 is 34.8 Å². The molecule has 1 atom stereocenters. The topological polar surface area (TPSA) is 21.6 Å². The molecule has 0 saturated carbocycles. The molecule has 1 unspecified atom stereocenters. The zero-order valence-corrected chi connectivity index (χ0v) is 23.7. The summed E-state index contributed by atoms with van der Waals surface area (Å²) in [4.78, 5) is 5.32. The summed E-state index contributed by atoms with van der Waals surface area (Å²) in [6, 6.07) is 39.5. The average molecular weight is 598 g/mol. The summed E-state index contributed by atoms with van der Waals surface area (Å²) in [5.41, 5.74) is 2.29. The van der Waals surface area contributed by atoms with Gasteiger partial charge in [0.25, 0.3) is 0 Å². The summed E-state index contributed by atoms with van der Waals surface area (Å²) >= 11 is 5.43. The number of rotatable bonds is 8. The molecule has 0 N–H and O–H groups in total. The first-order valence-corrected chi connectivity index (χ1v) is 17.4. The Balaban J connectivity index is 2.04. The molecular weight excluding hydrogens is 569 g/mol. The first kappa shape index (κ1) is 24.9. The van der Waals surface area contributed by atoms with Crippen molar-refractivity contribution in [2.24, 2.45) is 4.99 Å². The third-order valence-corrected chi connectivity index (χ3v) is 9.39. The van der Waals surface area contributed by atoms with Gasteiger partial charge < -0.3 is 0 Å². The van der Waals surface area contributed by atoms with Gasteiger partial charge in [0.15, 0.2) is 0 Å². The third-order valence-electron chi connectivity index (χ3n) is 5.14. The molecule has 0 radical (unpaired) electrons. The van der Waals surface area contributed by atoms with Crippen molar-refractivity contribution in [3.8, 4) is 0 Å². The second-order valence-electron chi connectivity index (χ2n) is 8.94. The Morgan fingerprint density at radius 3 is 1.76 bits per heavy atom. The Labute approximate surface area is 218 Å². The van der Waals surface area contributed by atoms with Crippen LogP contribution in [-0.4, -0.2) is 33.0 Å². The summed E-state index contributed by atoms with van der Waals surface area (Å²) in [5, 5.41) is 0.708. The minimum absolute atomic E-state index is 0.708. The Morgan fingerprint density at radius 2 is 1.21 bits per heavy atom. The summed E-state index contributed by atoms with van der Waals surface area (Å²) in [6.07, 6.45) is 0. The fourth-order valence-electron chi connectivity index (χ4n) is 3.79. The van der Waals surface area contributed by atoms with E-state index in [9.17, 15) is 0 Å². The molecule has 0 amide bonds. The van der Waals surface area contributed by atoms with Gasteiger partial charge in [-0.25, -0.2) is 0 Å². The number of benzene rings is 4. The summed E-state index contributed by atoms with van der Waals surface area (Å²) in [5.74, 6) is 0. The quantitative estimate of drug-likeness (QED) is 0.156. The fraction of sp³-hybridized carbons (Fsp3) is 0.138. The standard InChI is InChI=1S/C29H28ClNOSiTe/c1-33(2,3)32-29(23-13-7-4-8-14-23,24-19-21-25(30)22-20-24)28(31-26-15-9-5-10-16-26)34-27-17-11-6-12-18-27/h4-22H,1-3H3. The molecule has 4 aromatic carbocycles. The van der Waals surface area contributed by atoms with Gasteiger partial charge in [-0.15, -0.1) is 0 Å². The molecule has 172 valence electrons. The Morgan fingerprint density at radius 1 is 0.706 bits per heavy atom. The van der Waals surface area contributed by atoms with E-state index in [4.69, 9.17) is 21.0 Å². The molecular formula is C29H28ClNOSiTe. The van der Waals surface area contributed by atoms with Gasteiger partial charge in [0.1, 0.15) is 0 Å².